The summed E-state index contributed by atoms with van der Waals surface area (Å²) in [7, 11) is 0. The molecule has 1 aliphatic carbocycles. The van der Waals surface area contributed by atoms with Crippen LogP contribution in [0, 0.1) is 0 Å². The Morgan fingerprint density at radius 3 is 2.24 bits per heavy atom. The number of hydrogen-bond donors (Lipinski definition) is 3. The first-order valence-electron chi connectivity index (χ1n) is 9.11. The maximum atomic E-state index is 11.5. The molecule has 2 heterocycles. The average molecular weight is 401 g/mol. The summed E-state index contributed by atoms with van der Waals surface area (Å²) in [5.41, 5.74) is 1.44. The van der Waals surface area contributed by atoms with Crippen LogP contribution in [0.25, 0.3) is 22.6 Å². The lowest BCUT2D eigenvalue weighted by atomic mass is 9.99. The van der Waals surface area contributed by atoms with E-state index in [1.165, 1.54) is 12.1 Å². The van der Waals surface area contributed by atoms with E-state index in [2.05, 4.69) is 0 Å². The zero-order valence-electron chi connectivity index (χ0n) is 15.3. The lowest BCUT2D eigenvalue weighted by molar-refractivity contribution is -0.277. The van der Waals surface area contributed by atoms with Gasteiger partial charge in [-0.25, -0.2) is 0 Å². The van der Waals surface area contributed by atoms with Gasteiger partial charge in [0, 0.05) is 17.2 Å². The number of aliphatic hydroxyl groups excluding tert-OH is 3. The number of ether oxygens (including phenoxy) is 2. The second kappa shape index (κ2) is 7.94. The molecule has 0 spiro atoms. The lowest BCUT2D eigenvalue weighted by Gasteiger charge is -2.38. The number of fused-ring (bicyclic) bond motifs is 1. The Morgan fingerprint density at radius 1 is 0.862 bits per heavy atom. The highest BCUT2D eigenvalue weighted by molar-refractivity contribution is 5.65. The molecule has 0 bridgehead atoms. The normalized spacial score (nSPS) is 27.1. The summed E-state index contributed by atoms with van der Waals surface area (Å²) < 4.78 is 16.8. The molecule has 8 nitrogen and oxygen atoms in total. The Hall–Kier alpha value is -2.75. The van der Waals surface area contributed by atoms with Gasteiger partial charge < -0.3 is 34.3 Å². The summed E-state index contributed by atoms with van der Waals surface area (Å²) in [5.74, 6) is 1.42. The van der Waals surface area contributed by atoms with Crippen molar-refractivity contribution < 1.29 is 34.3 Å². The fourth-order valence-corrected chi connectivity index (χ4v) is 3.23. The van der Waals surface area contributed by atoms with Gasteiger partial charge in [-0.15, -0.1) is 0 Å². The highest BCUT2D eigenvalue weighted by Crippen LogP contribution is 2.30. The lowest BCUT2D eigenvalue weighted by Crippen LogP contribution is -2.60. The van der Waals surface area contributed by atoms with Crippen molar-refractivity contribution in [1.82, 2.24) is 0 Å². The molecule has 0 saturated carbocycles. The Labute approximate surface area is 165 Å². The summed E-state index contributed by atoms with van der Waals surface area (Å²) in [6, 6.07) is 15.0. The van der Waals surface area contributed by atoms with E-state index in [1.807, 2.05) is 6.07 Å². The van der Waals surface area contributed by atoms with Crippen LogP contribution >= 0.6 is 0 Å². The molecular weight excluding hydrogens is 380 g/mol. The largest absolute Gasteiger partial charge is 0.462 e. The molecule has 5 atom stereocenters. The van der Waals surface area contributed by atoms with Gasteiger partial charge in [-0.3, -0.25) is 4.79 Å². The van der Waals surface area contributed by atoms with E-state index in [4.69, 9.17) is 19.0 Å². The predicted octanol–water partition coefficient (Wildman–Crippen LogP) is 0.323. The van der Waals surface area contributed by atoms with Crippen molar-refractivity contribution in [2.45, 2.75) is 30.7 Å². The molecule has 1 saturated heterocycles. The number of hydrogen-bond acceptors (Lipinski definition) is 7. The number of rotatable bonds is 4. The van der Waals surface area contributed by atoms with Crippen LogP contribution in [0.5, 0.6) is 5.75 Å². The first-order chi connectivity index (χ1) is 14.0. The Kier molecular flexibility index (Phi) is 5.35. The van der Waals surface area contributed by atoms with Gasteiger partial charge in [0.1, 0.15) is 35.6 Å². The topological polar surface area (TPSA) is 132 Å². The predicted molar refractivity (Wildman–Crippen MR) is 103 cm³/mol. The van der Waals surface area contributed by atoms with Crippen LogP contribution in [0.3, 0.4) is 0 Å². The van der Waals surface area contributed by atoms with Crippen LogP contribution in [0.2, 0.25) is 0 Å². The summed E-state index contributed by atoms with van der Waals surface area (Å²) in [6.45, 7) is -0.279. The third kappa shape index (κ3) is 3.89. The fraction of sp³-hybridized carbons (Fsp3) is 0.286. The zero-order valence-corrected chi connectivity index (χ0v) is 15.3. The van der Waals surface area contributed by atoms with E-state index in [0.717, 1.165) is 11.1 Å². The molecule has 1 aromatic carbocycles. The molecule has 1 fully saturated rings. The van der Waals surface area contributed by atoms with Gasteiger partial charge in [-0.05, 0) is 48.5 Å². The highest BCUT2D eigenvalue weighted by atomic mass is 16.7. The summed E-state index contributed by atoms with van der Waals surface area (Å²) in [6.07, 6.45) is -6.45. The van der Waals surface area contributed by atoms with Crippen LogP contribution in [0.1, 0.15) is 0 Å². The molecule has 29 heavy (non-hydrogen) atoms. The molecule has 5 N–H and O–H groups in total. The third-order valence-corrected chi connectivity index (χ3v) is 4.88. The average Bonchev–Trinajstić information content (AvgIpc) is 2.74. The Morgan fingerprint density at radius 2 is 1.52 bits per heavy atom. The molecule has 152 valence electrons. The first-order valence-corrected chi connectivity index (χ1v) is 9.11. The minimum atomic E-state index is -1.47. The maximum Gasteiger partial charge on any atom is 0.229 e. The summed E-state index contributed by atoms with van der Waals surface area (Å²) in [5, 5.41) is 37.2. The van der Waals surface area contributed by atoms with Gasteiger partial charge in [-0.1, -0.05) is 0 Å². The molecule has 0 radical (unpaired) electrons. The molecule has 4 rings (SSSR count). The number of benzene rings is 2. The quantitative estimate of drug-likeness (QED) is 0.537. The molecule has 1 aromatic rings. The van der Waals surface area contributed by atoms with Gasteiger partial charge in [0.25, 0.3) is 0 Å². The van der Waals surface area contributed by atoms with Crippen LogP contribution in [0.15, 0.2) is 63.8 Å². The summed E-state index contributed by atoms with van der Waals surface area (Å²) in [4.78, 5) is 11.5. The monoisotopic (exact) mass is 401 g/mol. The van der Waals surface area contributed by atoms with Crippen molar-refractivity contribution >= 4 is 0 Å². The van der Waals surface area contributed by atoms with Crippen LogP contribution in [-0.4, -0.2) is 57.7 Å². The Bertz CT molecular complexity index is 996. The van der Waals surface area contributed by atoms with Gasteiger partial charge in [0.05, 0.1) is 0 Å². The Balaban J connectivity index is 1.53. The molecule has 0 amide bonds. The van der Waals surface area contributed by atoms with Crippen LogP contribution in [0.4, 0.5) is 0 Å². The van der Waals surface area contributed by atoms with Gasteiger partial charge >= 0.3 is 0 Å². The van der Waals surface area contributed by atoms with E-state index < -0.39 is 30.7 Å². The van der Waals surface area contributed by atoms with E-state index in [0.29, 0.717) is 17.3 Å². The van der Waals surface area contributed by atoms with Crippen molar-refractivity contribution in [3.8, 4) is 28.4 Å². The van der Waals surface area contributed by atoms with Gasteiger partial charge in [-0.2, -0.15) is 0 Å². The van der Waals surface area contributed by atoms with Gasteiger partial charge in [0.2, 0.25) is 6.29 Å². The van der Waals surface area contributed by atoms with Crippen LogP contribution in [-0.2, 0) is 4.74 Å². The van der Waals surface area contributed by atoms with E-state index in [1.54, 1.807) is 36.4 Å². The van der Waals surface area contributed by atoms with Crippen molar-refractivity contribution in [3.05, 3.63) is 64.8 Å². The maximum absolute atomic E-state index is 11.5. The van der Waals surface area contributed by atoms with Gasteiger partial charge in [0.15, 0.2) is 18.1 Å². The smallest absolute Gasteiger partial charge is 0.229 e. The fourth-order valence-electron chi connectivity index (χ4n) is 3.23. The van der Waals surface area contributed by atoms with E-state index in [-0.39, 0.29) is 12.0 Å². The molecule has 0 aromatic heterocycles. The first kappa shape index (κ1) is 19.6. The second-order valence-electron chi connectivity index (χ2n) is 6.86. The van der Waals surface area contributed by atoms with Crippen molar-refractivity contribution in [3.63, 3.8) is 0 Å². The SMILES string of the molecule is O=c1ccc2ccc(-c3ccc(O[C@@H]4O[C@H](C[OH2+])[C@@H](O)[C@H](O)[C@H]4O)cc3)oc-2c1. The third-order valence-electron chi connectivity index (χ3n) is 4.88. The number of aliphatic hydroxyl groups is 3. The molecule has 3 aliphatic rings. The molecular formula is C21H21O8+. The van der Waals surface area contributed by atoms with Crippen molar-refractivity contribution in [1.29, 1.82) is 0 Å². The van der Waals surface area contributed by atoms with E-state index >= 15 is 0 Å². The molecule has 2 aliphatic heterocycles. The van der Waals surface area contributed by atoms with E-state index in [9.17, 15) is 20.1 Å². The standard InChI is InChI=1S/C21H20O8/c22-10-17-18(24)19(25)20(26)21(29-17)27-14-6-2-11(3-7-14)15-8-4-12-1-5-13(23)9-16(12)28-15/h1-9,17-22,24-26H,10H2/p+1/t17-,18-,19+,20-,21-/m1/s1. The highest BCUT2D eigenvalue weighted by Gasteiger charge is 2.45. The summed E-state index contributed by atoms with van der Waals surface area (Å²) >= 11 is 0. The minimum Gasteiger partial charge on any atom is -0.462 e. The van der Waals surface area contributed by atoms with Crippen molar-refractivity contribution in [2.75, 3.05) is 6.61 Å². The molecule has 8 heteroatoms. The van der Waals surface area contributed by atoms with Crippen molar-refractivity contribution in [2.24, 2.45) is 0 Å². The van der Waals surface area contributed by atoms with Crippen LogP contribution < -0.4 is 10.2 Å². The second-order valence-corrected chi connectivity index (χ2v) is 6.86. The molecule has 0 unspecified atom stereocenters. The zero-order chi connectivity index (χ0) is 20.5. The minimum absolute atomic E-state index is 0.133.